The van der Waals surface area contributed by atoms with Crippen molar-refractivity contribution in [3.8, 4) is 17.2 Å². The van der Waals surface area contributed by atoms with Crippen molar-refractivity contribution in [2.75, 3.05) is 18.5 Å². The minimum Gasteiger partial charge on any atom is -0.508 e. The van der Waals surface area contributed by atoms with Crippen molar-refractivity contribution in [3.63, 3.8) is 0 Å². The van der Waals surface area contributed by atoms with E-state index in [2.05, 4.69) is 39.2 Å². The first-order chi connectivity index (χ1) is 14.4. The lowest BCUT2D eigenvalue weighted by Crippen LogP contribution is -2.24. The van der Waals surface area contributed by atoms with E-state index in [0.717, 1.165) is 17.0 Å². The summed E-state index contributed by atoms with van der Waals surface area (Å²) in [6.45, 7) is 8.53. The van der Waals surface area contributed by atoms with Gasteiger partial charge in [0.2, 0.25) is 0 Å². The molecule has 0 aliphatic heterocycles. The number of aromatic nitrogens is 3. The second kappa shape index (κ2) is 11.5. The van der Waals surface area contributed by atoms with Gasteiger partial charge < -0.3 is 14.5 Å². The van der Waals surface area contributed by atoms with Crippen LogP contribution >= 0.6 is 0 Å². The minimum absolute atomic E-state index is 0.144. The van der Waals surface area contributed by atoms with Crippen molar-refractivity contribution >= 4 is 17.4 Å². The molecule has 30 heavy (non-hydrogen) atoms. The fourth-order valence-electron chi connectivity index (χ4n) is 2.38. The second-order valence-electron chi connectivity index (χ2n) is 6.77. The number of anilines is 1. The summed E-state index contributed by atoms with van der Waals surface area (Å²) >= 11 is 0. The fraction of sp³-hybridized carbons (Fsp3) is 0.318. The molecule has 0 saturated heterocycles. The van der Waals surface area contributed by atoms with Gasteiger partial charge in [0, 0.05) is 30.6 Å². The molecule has 8 heteroatoms. The Morgan fingerprint density at radius 2 is 1.80 bits per heavy atom. The number of hydrogen-bond donors (Lipinski definition) is 1. The van der Waals surface area contributed by atoms with Gasteiger partial charge in [0.05, 0.1) is 18.0 Å². The number of aromatic hydroxyl groups is 1. The zero-order chi connectivity index (χ0) is 21.9. The average Bonchev–Trinajstić information content (AvgIpc) is 3.24. The molecule has 0 unspecified atom stereocenters. The molecule has 3 rings (SSSR count). The number of nitrogens with zero attached hydrogens (tertiary/aromatic N) is 6. The number of benzene rings is 1. The van der Waals surface area contributed by atoms with Crippen LogP contribution in [0, 0.1) is 0 Å². The number of hydrogen-bond acceptors (Lipinski definition) is 8. The topological polar surface area (TPSA) is 100 Å². The van der Waals surface area contributed by atoms with Crippen LogP contribution in [0.3, 0.4) is 0 Å². The van der Waals surface area contributed by atoms with Crippen molar-refractivity contribution in [1.82, 2.24) is 15.1 Å². The molecule has 1 N–H and O–H groups in total. The van der Waals surface area contributed by atoms with Gasteiger partial charge in [0.15, 0.2) is 0 Å². The summed E-state index contributed by atoms with van der Waals surface area (Å²) in [6.07, 6.45) is 4.69. The van der Waals surface area contributed by atoms with Crippen LogP contribution in [0.2, 0.25) is 0 Å². The largest absolute Gasteiger partial charge is 0.508 e. The monoisotopic (exact) mass is 408 g/mol. The van der Waals surface area contributed by atoms with E-state index in [0.29, 0.717) is 23.9 Å². The van der Waals surface area contributed by atoms with Gasteiger partial charge in [-0.1, -0.05) is 26.3 Å². The van der Waals surface area contributed by atoms with Crippen LogP contribution in [0.15, 0.2) is 63.5 Å². The minimum atomic E-state index is 0.144. The van der Waals surface area contributed by atoms with Gasteiger partial charge in [0.25, 0.3) is 11.8 Å². The van der Waals surface area contributed by atoms with Crippen LogP contribution in [0.4, 0.5) is 5.95 Å². The Labute approximate surface area is 177 Å². The molecule has 0 aliphatic carbocycles. The smallest absolute Gasteiger partial charge is 0.266 e. The van der Waals surface area contributed by atoms with Crippen LogP contribution in [0.5, 0.6) is 5.75 Å². The Kier molecular flexibility index (Phi) is 8.68. The number of phenols is 1. The molecule has 0 atom stereocenters. The van der Waals surface area contributed by atoms with Gasteiger partial charge in [-0.3, -0.25) is 4.98 Å². The summed E-state index contributed by atoms with van der Waals surface area (Å²) in [5, 5.41) is 22.1. The van der Waals surface area contributed by atoms with E-state index >= 15 is 0 Å². The molecule has 0 amide bonds. The third-order valence-electron chi connectivity index (χ3n) is 3.78. The highest BCUT2D eigenvalue weighted by atomic mass is 16.5. The molecule has 3 aromatic rings. The molecule has 0 radical (unpaired) electrons. The summed E-state index contributed by atoms with van der Waals surface area (Å²) in [5.74, 6) is 0.914. The number of phenolic OH excluding ortho intramolecular Hbond substituents is 1. The lowest BCUT2D eigenvalue weighted by atomic mass is 10.2. The number of pyridine rings is 1. The Bertz CT molecular complexity index is 982. The third-order valence-corrected chi connectivity index (χ3v) is 3.78. The SMILES string of the molecule is C/C(CN(C)c1noc(-c2cccc(O)c2)n1)=N\N=C(/C)c1ccncc1.CCC. The van der Waals surface area contributed by atoms with Gasteiger partial charge in [-0.15, -0.1) is 0 Å². The normalized spacial score (nSPS) is 11.6. The van der Waals surface area contributed by atoms with E-state index in [4.69, 9.17) is 4.52 Å². The lowest BCUT2D eigenvalue weighted by molar-refractivity contribution is 0.429. The molecule has 0 aliphatic rings. The van der Waals surface area contributed by atoms with E-state index in [1.54, 1.807) is 36.7 Å². The predicted molar refractivity (Wildman–Crippen MR) is 120 cm³/mol. The Morgan fingerprint density at radius 3 is 2.47 bits per heavy atom. The van der Waals surface area contributed by atoms with Crippen LogP contribution in [-0.2, 0) is 0 Å². The highest BCUT2D eigenvalue weighted by molar-refractivity contribution is 5.99. The molecule has 0 fully saturated rings. The maximum atomic E-state index is 9.56. The van der Waals surface area contributed by atoms with E-state index in [-0.39, 0.29) is 5.75 Å². The zero-order valence-corrected chi connectivity index (χ0v) is 18.1. The molecular formula is C22H28N6O2. The highest BCUT2D eigenvalue weighted by Gasteiger charge is 2.13. The summed E-state index contributed by atoms with van der Waals surface area (Å²) in [6, 6.07) is 10.4. The van der Waals surface area contributed by atoms with E-state index in [9.17, 15) is 5.11 Å². The first-order valence-corrected chi connectivity index (χ1v) is 9.76. The fourth-order valence-corrected chi connectivity index (χ4v) is 2.38. The van der Waals surface area contributed by atoms with E-state index < -0.39 is 0 Å². The van der Waals surface area contributed by atoms with Crippen LogP contribution in [0.1, 0.15) is 39.7 Å². The molecule has 1 aromatic carbocycles. The summed E-state index contributed by atoms with van der Waals surface area (Å²) in [7, 11) is 1.84. The second-order valence-corrected chi connectivity index (χ2v) is 6.77. The van der Waals surface area contributed by atoms with Crippen LogP contribution in [-0.4, -0.2) is 45.2 Å². The highest BCUT2D eigenvalue weighted by Crippen LogP contribution is 2.23. The van der Waals surface area contributed by atoms with E-state index in [1.807, 2.05) is 37.9 Å². The van der Waals surface area contributed by atoms with Gasteiger partial charge in [-0.05, 0) is 49.3 Å². The summed E-state index contributed by atoms with van der Waals surface area (Å²) in [4.78, 5) is 10.2. The van der Waals surface area contributed by atoms with Crippen molar-refractivity contribution in [3.05, 3.63) is 54.4 Å². The van der Waals surface area contributed by atoms with Crippen molar-refractivity contribution in [2.45, 2.75) is 34.1 Å². The standard InChI is InChI=1S/C19H20N6O2.C3H8/c1-13(22-23-14(2)15-7-9-20-10-8-15)12-25(3)19-21-18(27-24-19)16-5-4-6-17(26)11-16;1-3-2/h4-11,26H,12H2,1-3H3;3H2,1-2H3/b22-13+,23-14+;. The van der Waals surface area contributed by atoms with E-state index in [1.165, 1.54) is 6.42 Å². The number of rotatable bonds is 6. The zero-order valence-electron chi connectivity index (χ0n) is 18.1. The van der Waals surface area contributed by atoms with Crippen LogP contribution < -0.4 is 4.90 Å². The molecule has 0 spiro atoms. The summed E-state index contributed by atoms with van der Waals surface area (Å²) < 4.78 is 5.28. The molecule has 0 saturated carbocycles. The Morgan fingerprint density at radius 1 is 1.10 bits per heavy atom. The quantitative estimate of drug-likeness (QED) is 0.473. The molecule has 8 nitrogen and oxygen atoms in total. The first kappa shape index (κ1) is 22.7. The van der Waals surface area contributed by atoms with Gasteiger partial charge in [0.1, 0.15) is 5.75 Å². The molecule has 2 heterocycles. The maximum absolute atomic E-state index is 9.56. The van der Waals surface area contributed by atoms with Crippen molar-refractivity contribution in [1.29, 1.82) is 0 Å². The predicted octanol–water partition coefficient (Wildman–Crippen LogP) is 4.57. The summed E-state index contributed by atoms with van der Waals surface area (Å²) in [5.41, 5.74) is 3.24. The molecule has 158 valence electrons. The molecule has 0 bridgehead atoms. The maximum Gasteiger partial charge on any atom is 0.266 e. The first-order valence-electron chi connectivity index (χ1n) is 9.76. The molecule has 2 aromatic heterocycles. The lowest BCUT2D eigenvalue weighted by Gasteiger charge is -2.12. The third kappa shape index (κ3) is 6.80. The van der Waals surface area contributed by atoms with Crippen LogP contribution in [0.25, 0.3) is 11.5 Å². The van der Waals surface area contributed by atoms with Crippen molar-refractivity contribution < 1.29 is 9.63 Å². The molecular weight excluding hydrogens is 380 g/mol. The van der Waals surface area contributed by atoms with Gasteiger partial charge in [-0.2, -0.15) is 15.2 Å². The van der Waals surface area contributed by atoms with Gasteiger partial charge >= 0.3 is 0 Å². The Hall–Kier alpha value is -3.55. The van der Waals surface area contributed by atoms with Crippen molar-refractivity contribution in [2.24, 2.45) is 10.2 Å². The average molecular weight is 409 g/mol. The Balaban J connectivity index is 0.00000101. The van der Waals surface area contributed by atoms with Gasteiger partial charge in [-0.25, -0.2) is 0 Å².